The molecule has 0 amide bonds. The predicted molar refractivity (Wildman–Crippen MR) is 74.1 cm³/mol. The second-order valence-electron chi connectivity index (χ2n) is 4.52. The van der Waals surface area contributed by atoms with E-state index in [1.54, 1.807) is 18.3 Å². The van der Waals surface area contributed by atoms with Gasteiger partial charge in [0.05, 0.1) is 32.5 Å². The minimum atomic E-state index is -0.255. The molecule has 2 heterocycles. The summed E-state index contributed by atoms with van der Waals surface area (Å²) in [5.41, 5.74) is 0.845. The number of ether oxygens (including phenoxy) is 1. The van der Waals surface area contributed by atoms with E-state index in [2.05, 4.69) is 5.10 Å². The van der Waals surface area contributed by atoms with Gasteiger partial charge in [0.2, 0.25) is 0 Å². The fourth-order valence-electron chi connectivity index (χ4n) is 2.00. The van der Waals surface area contributed by atoms with Crippen LogP contribution in [0.3, 0.4) is 0 Å². The molecule has 3 rings (SSSR count). The Balaban J connectivity index is 1.70. The van der Waals surface area contributed by atoms with E-state index in [1.165, 1.54) is 12.1 Å². The minimum absolute atomic E-state index is 0.255. The van der Waals surface area contributed by atoms with Gasteiger partial charge < -0.3 is 9.15 Å². The highest BCUT2D eigenvalue weighted by Gasteiger charge is 2.07. The van der Waals surface area contributed by atoms with Gasteiger partial charge in [-0.1, -0.05) is 0 Å². The van der Waals surface area contributed by atoms with Gasteiger partial charge in [-0.2, -0.15) is 5.10 Å². The largest absolute Gasteiger partial charge is 0.455 e. The first-order valence-corrected chi connectivity index (χ1v) is 6.54. The zero-order chi connectivity index (χ0) is 13.8. The number of halogens is 1. The molecular weight excluding hydrogens is 259 g/mol. The first-order chi connectivity index (χ1) is 9.81. The molecule has 0 bridgehead atoms. The molecule has 2 aromatic rings. The monoisotopic (exact) mass is 274 g/mol. The Morgan fingerprint density at radius 1 is 1.05 bits per heavy atom. The lowest BCUT2D eigenvalue weighted by Gasteiger charge is -2.23. The molecule has 1 aliphatic heterocycles. The molecule has 1 fully saturated rings. The van der Waals surface area contributed by atoms with E-state index < -0.39 is 0 Å². The fraction of sp³-hybridized carbons (Fsp3) is 0.267. The Kier molecular flexibility index (Phi) is 3.78. The summed E-state index contributed by atoms with van der Waals surface area (Å²) >= 11 is 0. The Bertz CT molecular complexity index is 586. The molecule has 0 spiro atoms. The van der Waals surface area contributed by atoms with Gasteiger partial charge in [0.15, 0.2) is 0 Å². The minimum Gasteiger partial charge on any atom is -0.455 e. The van der Waals surface area contributed by atoms with Crippen molar-refractivity contribution in [1.82, 2.24) is 5.01 Å². The summed E-state index contributed by atoms with van der Waals surface area (Å²) in [5.74, 6) is 1.12. The molecule has 0 unspecified atom stereocenters. The summed E-state index contributed by atoms with van der Waals surface area (Å²) in [4.78, 5) is 0. The van der Waals surface area contributed by atoms with Crippen LogP contribution in [0.25, 0.3) is 11.3 Å². The Labute approximate surface area is 116 Å². The third-order valence-electron chi connectivity index (χ3n) is 3.09. The van der Waals surface area contributed by atoms with Crippen molar-refractivity contribution in [3.63, 3.8) is 0 Å². The van der Waals surface area contributed by atoms with E-state index in [0.29, 0.717) is 24.7 Å². The highest BCUT2D eigenvalue weighted by Crippen LogP contribution is 2.21. The van der Waals surface area contributed by atoms with Crippen LogP contribution in [0, 0.1) is 5.82 Å². The molecule has 0 saturated carbocycles. The van der Waals surface area contributed by atoms with Crippen LogP contribution < -0.4 is 0 Å². The van der Waals surface area contributed by atoms with Gasteiger partial charge in [0.25, 0.3) is 0 Å². The Morgan fingerprint density at radius 2 is 1.80 bits per heavy atom. The maximum absolute atomic E-state index is 12.9. The van der Waals surface area contributed by atoms with E-state index in [0.717, 1.165) is 18.7 Å². The number of nitrogens with zero attached hydrogens (tertiary/aromatic N) is 2. The standard InChI is InChI=1S/C15H15FN2O2/c16-13-3-1-12(2-4-13)15-6-5-14(20-15)11-17-18-7-9-19-10-8-18/h1-6,11H,7-10H2/b17-11+. The van der Waals surface area contributed by atoms with Gasteiger partial charge >= 0.3 is 0 Å². The van der Waals surface area contributed by atoms with Crippen LogP contribution in [0.4, 0.5) is 4.39 Å². The zero-order valence-electron chi connectivity index (χ0n) is 11.0. The maximum atomic E-state index is 12.9. The van der Waals surface area contributed by atoms with Crippen molar-refractivity contribution in [3.05, 3.63) is 48.0 Å². The number of hydrogen-bond acceptors (Lipinski definition) is 4. The van der Waals surface area contributed by atoms with Crippen LogP contribution in [-0.2, 0) is 4.74 Å². The molecule has 1 aromatic heterocycles. The lowest BCUT2D eigenvalue weighted by Crippen LogP contribution is -2.32. The lowest BCUT2D eigenvalue weighted by atomic mass is 10.2. The van der Waals surface area contributed by atoms with Crippen LogP contribution >= 0.6 is 0 Å². The van der Waals surface area contributed by atoms with Crippen molar-refractivity contribution in [2.75, 3.05) is 26.3 Å². The van der Waals surface area contributed by atoms with Gasteiger partial charge in [0.1, 0.15) is 17.3 Å². The topological polar surface area (TPSA) is 38.0 Å². The van der Waals surface area contributed by atoms with Crippen molar-refractivity contribution in [3.8, 4) is 11.3 Å². The van der Waals surface area contributed by atoms with Crippen LogP contribution in [-0.4, -0.2) is 37.5 Å². The van der Waals surface area contributed by atoms with Crippen molar-refractivity contribution in [1.29, 1.82) is 0 Å². The molecule has 104 valence electrons. The van der Waals surface area contributed by atoms with Crippen molar-refractivity contribution >= 4 is 6.21 Å². The van der Waals surface area contributed by atoms with Crippen LogP contribution in [0.5, 0.6) is 0 Å². The summed E-state index contributed by atoms with van der Waals surface area (Å²) < 4.78 is 23.8. The lowest BCUT2D eigenvalue weighted by molar-refractivity contribution is 0.0396. The van der Waals surface area contributed by atoms with Crippen LogP contribution in [0.2, 0.25) is 0 Å². The predicted octanol–water partition coefficient (Wildman–Crippen LogP) is 2.75. The van der Waals surface area contributed by atoms with Crippen molar-refractivity contribution < 1.29 is 13.5 Å². The summed E-state index contributed by atoms with van der Waals surface area (Å²) in [6.07, 6.45) is 1.69. The fourth-order valence-corrected chi connectivity index (χ4v) is 2.00. The van der Waals surface area contributed by atoms with E-state index >= 15 is 0 Å². The molecule has 1 aliphatic rings. The quantitative estimate of drug-likeness (QED) is 0.808. The molecule has 4 nitrogen and oxygen atoms in total. The summed E-state index contributed by atoms with van der Waals surface area (Å²) in [6.45, 7) is 3.00. The smallest absolute Gasteiger partial charge is 0.147 e. The molecule has 20 heavy (non-hydrogen) atoms. The summed E-state index contributed by atoms with van der Waals surface area (Å²) in [6, 6.07) is 9.92. The van der Waals surface area contributed by atoms with E-state index in [1.807, 2.05) is 17.1 Å². The van der Waals surface area contributed by atoms with Crippen LogP contribution in [0.1, 0.15) is 5.76 Å². The van der Waals surface area contributed by atoms with Gasteiger partial charge in [-0.3, -0.25) is 5.01 Å². The van der Waals surface area contributed by atoms with Gasteiger partial charge in [-0.25, -0.2) is 4.39 Å². The molecule has 0 atom stereocenters. The summed E-state index contributed by atoms with van der Waals surface area (Å²) in [5, 5.41) is 6.30. The number of morpholine rings is 1. The highest BCUT2D eigenvalue weighted by molar-refractivity contribution is 5.77. The van der Waals surface area contributed by atoms with Crippen molar-refractivity contribution in [2.45, 2.75) is 0 Å². The first kappa shape index (κ1) is 12.9. The van der Waals surface area contributed by atoms with E-state index in [4.69, 9.17) is 9.15 Å². The van der Waals surface area contributed by atoms with Crippen LogP contribution in [0.15, 0.2) is 45.9 Å². The molecule has 0 radical (unpaired) electrons. The van der Waals surface area contributed by atoms with Gasteiger partial charge in [0, 0.05) is 5.56 Å². The second-order valence-corrected chi connectivity index (χ2v) is 4.52. The third-order valence-corrected chi connectivity index (χ3v) is 3.09. The van der Waals surface area contributed by atoms with E-state index in [-0.39, 0.29) is 5.82 Å². The number of hydrazone groups is 1. The molecule has 1 aromatic carbocycles. The zero-order valence-corrected chi connectivity index (χ0v) is 11.0. The summed E-state index contributed by atoms with van der Waals surface area (Å²) in [7, 11) is 0. The SMILES string of the molecule is Fc1ccc(-c2ccc(/C=N/N3CCOCC3)o2)cc1. The molecule has 5 heteroatoms. The van der Waals surface area contributed by atoms with Crippen molar-refractivity contribution in [2.24, 2.45) is 5.10 Å². The van der Waals surface area contributed by atoms with Gasteiger partial charge in [-0.15, -0.1) is 0 Å². The first-order valence-electron chi connectivity index (χ1n) is 6.54. The number of hydrogen-bond donors (Lipinski definition) is 0. The average molecular weight is 274 g/mol. The van der Waals surface area contributed by atoms with Gasteiger partial charge in [-0.05, 0) is 36.4 Å². The number of benzene rings is 1. The molecule has 0 aliphatic carbocycles. The van der Waals surface area contributed by atoms with E-state index in [9.17, 15) is 4.39 Å². The Morgan fingerprint density at radius 3 is 2.55 bits per heavy atom. The maximum Gasteiger partial charge on any atom is 0.147 e. The molecule has 0 N–H and O–H groups in total. The second kappa shape index (κ2) is 5.88. The number of furan rings is 1. The third kappa shape index (κ3) is 3.05. The molecule has 1 saturated heterocycles. The Hall–Kier alpha value is -2.14. The molecular formula is C15H15FN2O2. The highest BCUT2D eigenvalue weighted by atomic mass is 19.1. The average Bonchev–Trinajstić information content (AvgIpc) is 2.96. The normalized spacial score (nSPS) is 15.9. The number of rotatable bonds is 3.